The van der Waals surface area contributed by atoms with Gasteiger partial charge in [0.2, 0.25) is 0 Å². The summed E-state index contributed by atoms with van der Waals surface area (Å²) in [5.74, 6) is 0.173. The minimum Gasteiger partial charge on any atom is -0.691 e. The number of hydrazone groups is 1. The van der Waals surface area contributed by atoms with Crippen molar-refractivity contribution >= 4 is 5.84 Å². The molecule has 0 amide bonds. The van der Waals surface area contributed by atoms with Crippen LogP contribution >= 0.6 is 0 Å². The predicted molar refractivity (Wildman–Crippen MR) is 54.9 cm³/mol. The lowest BCUT2D eigenvalue weighted by Crippen LogP contribution is -2.45. The van der Waals surface area contributed by atoms with Crippen LogP contribution in [0.4, 0.5) is 0 Å². The van der Waals surface area contributed by atoms with Crippen LogP contribution in [0.5, 0.6) is 0 Å². The Hall–Kier alpha value is -1.51. The molecular weight excluding hydrogens is 216 g/mol. The molecule has 16 heavy (non-hydrogen) atoms. The summed E-state index contributed by atoms with van der Waals surface area (Å²) in [6.45, 7) is 0.112. The summed E-state index contributed by atoms with van der Waals surface area (Å²) >= 11 is 0. The van der Waals surface area contributed by atoms with Crippen LogP contribution in [0.2, 0.25) is 0 Å². The van der Waals surface area contributed by atoms with Crippen LogP contribution in [0.1, 0.15) is 6.42 Å². The van der Waals surface area contributed by atoms with Gasteiger partial charge in [-0.25, -0.2) is 0 Å². The number of aliphatic hydroxyl groups is 2. The van der Waals surface area contributed by atoms with Gasteiger partial charge in [-0.2, -0.15) is 0 Å². The fourth-order valence-corrected chi connectivity index (χ4v) is 1.41. The average Bonchev–Trinajstić information content (AvgIpc) is 2.26. The third-order valence-corrected chi connectivity index (χ3v) is 2.18. The Morgan fingerprint density at radius 3 is 2.50 bits per heavy atom. The molecule has 0 saturated heterocycles. The van der Waals surface area contributed by atoms with Gasteiger partial charge in [0.25, 0.3) is 5.84 Å². The second-order valence-electron chi connectivity index (χ2n) is 3.25. The molecule has 92 valence electrons. The third kappa shape index (κ3) is 2.54. The first-order chi connectivity index (χ1) is 7.61. The van der Waals surface area contributed by atoms with E-state index in [1.165, 1.54) is 4.90 Å². The fourth-order valence-electron chi connectivity index (χ4n) is 1.41. The number of hydrogen-bond acceptors (Lipinski definition) is 7. The van der Waals surface area contributed by atoms with Crippen LogP contribution in [0.3, 0.4) is 0 Å². The van der Waals surface area contributed by atoms with E-state index >= 15 is 0 Å². The quantitative estimate of drug-likeness (QED) is 0.319. The number of aliphatic hydroxyl groups excluding tert-OH is 2. The molecule has 0 aromatic rings. The van der Waals surface area contributed by atoms with Gasteiger partial charge < -0.3 is 20.3 Å². The van der Waals surface area contributed by atoms with Crippen molar-refractivity contribution in [1.29, 1.82) is 0 Å². The molecule has 5 N–H and O–H groups in total. The van der Waals surface area contributed by atoms with Crippen LogP contribution in [0.15, 0.2) is 11.9 Å². The molecule has 0 aromatic carbocycles. The van der Waals surface area contributed by atoms with E-state index in [1.807, 2.05) is 0 Å². The third-order valence-electron chi connectivity index (χ3n) is 2.18. The van der Waals surface area contributed by atoms with E-state index in [4.69, 9.17) is 15.9 Å². The molecule has 0 radical (unpaired) electrons. The van der Waals surface area contributed by atoms with Crippen molar-refractivity contribution in [2.24, 2.45) is 5.73 Å². The van der Waals surface area contributed by atoms with Crippen LogP contribution in [-0.4, -0.2) is 62.5 Å². The van der Waals surface area contributed by atoms with Gasteiger partial charge in [-0.15, -0.1) is 4.85 Å². The molecule has 8 heteroatoms. The van der Waals surface area contributed by atoms with Crippen LogP contribution < -0.4 is 5.73 Å². The van der Waals surface area contributed by atoms with Gasteiger partial charge >= 0.3 is 0 Å². The van der Waals surface area contributed by atoms with Crippen molar-refractivity contribution in [3.05, 3.63) is 17.1 Å². The van der Waals surface area contributed by atoms with E-state index < -0.39 is 0 Å². The van der Waals surface area contributed by atoms with Gasteiger partial charge in [0.15, 0.2) is 5.82 Å². The molecule has 0 spiro atoms. The maximum atomic E-state index is 11.3. The molecule has 1 heterocycles. The van der Waals surface area contributed by atoms with Crippen molar-refractivity contribution in [2.75, 3.05) is 26.3 Å². The summed E-state index contributed by atoms with van der Waals surface area (Å²) in [5.41, 5.74) is 5.35. The van der Waals surface area contributed by atoms with Crippen LogP contribution in [0, 0.1) is 5.21 Å². The zero-order valence-corrected chi connectivity index (χ0v) is 8.78. The SMILES string of the molecule is NC1=[N+]([O-])N(O)C(N(CCO)CCO)=CC1. The lowest BCUT2D eigenvalue weighted by molar-refractivity contribution is -0.706. The van der Waals surface area contributed by atoms with E-state index in [9.17, 15) is 10.4 Å². The highest BCUT2D eigenvalue weighted by Crippen LogP contribution is 2.13. The smallest absolute Gasteiger partial charge is 0.276 e. The fraction of sp³-hybridized carbons (Fsp3) is 0.625. The first-order valence-corrected chi connectivity index (χ1v) is 4.86. The minimum atomic E-state index is -0.150. The average molecular weight is 232 g/mol. The van der Waals surface area contributed by atoms with Crippen molar-refractivity contribution in [2.45, 2.75) is 6.42 Å². The predicted octanol–water partition coefficient (Wildman–Crippen LogP) is -2.01. The second-order valence-corrected chi connectivity index (χ2v) is 3.25. The number of hydroxylamine groups is 1. The zero-order valence-electron chi connectivity index (χ0n) is 8.78. The Morgan fingerprint density at radius 1 is 1.44 bits per heavy atom. The molecular formula is C8H16N4O4. The molecule has 0 fully saturated rings. The van der Waals surface area contributed by atoms with Gasteiger partial charge in [0.05, 0.1) is 19.6 Å². The Morgan fingerprint density at radius 2 is 2.00 bits per heavy atom. The monoisotopic (exact) mass is 232 g/mol. The van der Waals surface area contributed by atoms with Crippen LogP contribution in [0.25, 0.3) is 0 Å². The highest BCUT2D eigenvalue weighted by atomic mass is 16.7. The summed E-state index contributed by atoms with van der Waals surface area (Å²) < 4.78 is 0. The normalized spacial score (nSPS) is 16.4. The number of hydrazine groups is 1. The second kappa shape index (κ2) is 5.54. The van der Waals surface area contributed by atoms with Crippen molar-refractivity contribution in [3.63, 3.8) is 0 Å². The molecule has 8 nitrogen and oxygen atoms in total. The standard InChI is InChI=1S/C8H16N4O4/c9-7-1-2-8(12(16)11(7)15)10(3-5-13)4-6-14/h2,13-14,16H,1,3-6,9H2. The summed E-state index contributed by atoms with van der Waals surface area (Å²) in [6, 6.07) is 0. The first-order valence-electron chi connectivity index (χ1n) is 4.86. The van der Waals surface area contributed by atoms with Crippen molar-refractivity contribution < 1.29 is 20.3 Å². The summed E-state index contributed by atoms with van der Waals surface area (Å²) in [5, 5.41) is 38.8. The van der Waals surface area contributed by atoms with E-state index in [2.05, 4.69) is 0 Å². The Labute approximate surface area is 92.6 Å². The topological polar surface area (TPSA) is 119 Å². The van der Waals surface area contributed by atoms with Gasteiger partial charge in [0, 0.05) is 13.1 Å². The Bertz CT molecular complexity index is 298. The lowest BCUT2D eigenvalue weighted by atomic mass is 10.3. The molecule has 1 aliphatic heterocycles. The maximum Gasteiger partial charge on any atom is 0.276 e. The van der Waals surface area contributed by atoms with Crippen LogP contribution in [-0.2, 0) is 0 Å². The molecule has 1 rings (SSSR count). The summed E-state index contributed by atoms with van der Waals surface area (Å²) in [6.07, 6.45) is 1.76. The molecule has 0 aromatic heterocycles. The molecule has 0 aliphatic carbocycles. The largest absolute Gasteiger partial charge is 0.691 e. The lowest BCUT2D eigenvalue weighted by Gasteiger charge is -2.33. The molecule has 0 atom stereocenters. The van der Waals surface area contributed by atoms with Gasteiger partial charge in [-0.1, -0.05) is 5.17 Å². The van der Waals surface area contributed by atoms with E-state index in [-0.39, 0.29) is 49.2 Å². The summed E-state index contributed by atoms with van der Waals surface area (Å²) in [7, 11) is 0. The maximum absolute atomic E-state index is 11.3. The number of hydrogen-bond donors (Lipinski definition) is 4. The van der Waals surface area contributed by atoms with Gasteiger partial charge in [-0.3, -0.25) is 10.9 Å². The van der Waals surface area contributed by atoms with Gasteiger partial charge in [-0.05, 0) is 6.08 Å². The van der Waals surface area contributed by atoms with E-state index in [1.54, 1.807) is 6.08 Å². The number of nitrogens with zero attached hydrogens (tertiary/aromatic N) is 3. The first kappa shape index (κ1) is 12.6. The molecule has 0 bridgehead atoms. The Kier molecular flexibility index (Phi) is 4.35. The Balaban J connectivity index is 2.78. The van der Waals surface area contributed by atoms with E-state index in [0.717, 1.165) is 0 Å². The molecule has 0 saturated carbocycles. The van der Waals surface area contributed by atoms with E-state index in [0.29, 0.717) is 5.17 Å². The highest BCUT2D eigenvalue weighted by molar-refractivity contribution is 5.77. The molecule has 0 unspecified atom stereocenters. The van der Waals surface area contributed by atoms with Crippen molar-refractivity contribution in [3.8, 4) is 0 Å². The van der Waals surface area contributed by atoms with Gasteiger partial charge in [0.1, 0.15) is 0 Å². The van der Waals surface area contributed by atoms with Crippen molar-refractivity contribution in [1.82, 2.24) is 10.1 Å². The highest BCUT2D eigenvalue weighted by Gasteiger charge is 2.23. The zero-order chi connectivity index (χ0) is 12.1. The summed E-state index contributed by atoms with van der Waals surface area (Å²) in [4.78, 5) is 1.65. The number of rotatable bonds is 5. The number of amidine groups is 1. The molecule has 1 aliphatic rings. The minimum absolute atomic E-state index is 0.0285. The number of nitrogens with two attached hydrogens (primary N) is 1.